The minimum Gasteiger partial charge on any atom is -0.458 e. The van der Waals surface area contributed by atoms with Crippen LogP contribution < -0.4 is 5.32 Å². The molecule has 4 aromatic rings. The topological polar surface area (TPSA) is 101 Å². The van der Waals surface area contributed by atoms with Gasteiger partial charge in [0, 0.05) is 10.9 Å². The van der Waals surface area contributed by atoms with Gasteiger partial charge in [-0.05, 0) is 38.1 Å². The number of hydrogen-bond donors (Lipinski definition) is 1. The maximum atomic E-state index is 13.1. The van der Waals surface area contributed by atoms with Gasteiger partial charge in [0.25, 0.3) is 11.8 Å². The molecule has 5 rings (SSSR count). The van der Waals surface area contributed by atoms with Crippen molar-refractivity contribution in [2.45, 2.75) is 25.9 Å². The van der Waals surface area contributed by atoms with E-state index in [9.17, 15) is 9.59 Å². The fourth-order valence-electron chi connectivity index (χ4n) is 3.51. The number of carbonyl (C=O) groups is 2. The molecule has 0 spiro atoms. The number of rotatable bonds is 4. The van der Waals surface area contributed by atoms with Crippen LogP contribution >= 0.6 is 0 Å². The van der Waals surface area contributed by atoms with Gasteiger partial charge in [-0.25, -0.2) is 4.79 Å². The number of urea groups is 1. The summed E-state index contributed by atoms with van der Waals surface area (Å²) < 4.78 is 11.1. The summed E-state index contributed by atoms with van der Waals surface area (Å²) in [5, 5.41) is 7.51. The van der Waals surface area contributed by atoms with Crippen LogP contribution in [0.1, 0.15) is 24.1 Å². The lowest BCUT2D eigenvalue weighted by atomic mass is 9.99. The second-order valence-electron chi connectivity index (χ2n) is 7.48. The lowest BCUT2D eigenvalue weighted by molar-refractivity contribution is -0.132. The van der Waals surface area contributed by atoms with E-state index in [0.717, 1.165) is 21.4 Å². The molecule has 1 aliphatic heterocycles. The highest BCUT2D eigenvalue weighted by molar-refractivity contribution is 6.07. The zero-order chi connectivity index (χ0) is 20.9. The van der Waals surface area contributed by atoms with Crippen LogP contribution in [0.15, 0.2) is 63.5 Å². The van der Waals surface area contributed by atoms with E-state index in [2.05, 4.69) is 15.5 Å². The molecule has 1 atom stereocenters. The van der Waals surface area contributed by atoms with Crippen molar-refractivity contribution in [2.75, 3.05) is 0 Å². The van der Waals surface area contributed by atoms with Gasteiger partial charge in [0.05, 0.1) is 6.54 Å². The van der Waals surface area contributed by atoms with Crippen molar-refractivity contribution in [3.05, 3.63) is 71.7 Å². The number of amides is 3. The van der Waals surface area contributed by atoms with Crippen LogP contribution in [0.25, 0.3) is 22.4 Å². The minimum atomic E-state index is -1.31. The Bertz CT molecular complexity index is 1240. The molecule has 0 radical (unpaired) electrons. The third kappa shape index (κ3) is 2.85. The van der Waals surface area contributed by atoms with Gasteiger partial charge < -0.3 is 14.3 Å². The summed E-state index contributed by atoms with van der Waals surface area (Å²) in [7, 11) is 0. The van der Waals surface area contributed by atoms with Gasteiger partial charge >= 0.3 is 6.03 Å². The Morgan fingerprint density at radius 2 is 1.87 bits per heavy atom. The molecule has 8 heteroatoms. The highest BCUT2D eigenvalue weighted by atomic mass is 16.5. The number of nitrogens with one attached hydrogen (secondary N) is 1. The molecule has 150 valence electrons. The third-order valence-corrected chi connectivity index (χ3v) is 5.26. The molecule has 1 saturated heterocycles. The van der Waals surface area contributed by atoms with E-state index in [1.807, 2.05) is 55.5 Å². The van der Waals surface area contributed by atoms with E-state index >= 15 is 0 Å². The first kappa shape index (κ1) is 18.1. The Kier molecular flexibility index (Phi) is 3.95. The predicted octanol–water partition coefficient (Wildman–Crippen LogP) is 3.76. The largest absolute Gasteiger partial charge is 0.458 e. The highest BCUT2D eigenvalue weighted by Gasteiger charge is 2.51. The Hall–Kier alpha value is -3.94. The molecule has 0 aliphatic carbocycles. The summed E-state index contributed by atoms with van der Waals surface area (Å²) in [6, 6.07) is 16.3. The zero-order valence-electron chi connectivity index (χ0n) is 16.4. The van der Waals surface area contributed by atoms with Crippen LogP contribution in [0.5, 0.6) is 0 Å². The molecule has 2 aromatic carbocycles. The number of hydrogen-bond acceptors (Lipinski definition) is 6. The summed E-state index contributed by atoms with van der Waals surface area (Å²) in [5.74, 6) is 0.506. The molecule has 1 fully saturated rings. The normalized spacial score (nSPS) is 18.9. The van der Waals surface area contributed by atoms with Crippen LogP contribution in [0, 0.1) is 6.92 Å². The molecule has 3 amide bonds. The van der Waals surface area contributed by atoms with E-state index < -0.39 is 17.5 Å². The summed E-state index contributed by atoms with van der Waals surface area (Å²) in [5.41, 5.74) is 1.22. The average Bonchev–Trinajstić information content (AvgIpc) is 3.43. The maximum Gasteiger partial charge on any atom is 0.325 e. The fourth-order valence-corrected chi connectivity index (χ4v) is 3.51. The van der Waals surface area contributed by atoms with E-state index in [-0.39, 0.29) is 12.4 Å². The number of aromatic nitrogens is 2. The van der Waals surface area contributed by atoms with Crippen LogP contribution in [0.2, 0.25) is 0 Å². The van der Waals surface area contributed by atoms with Gasteiger partial charge in [0.2, 0.25) is 0 Å². The summed E-state index contributed by atoms with van der Waals surface area (Å²) >= 11 is 0. The lowest BCUT2D eigenvalue weighted by Gasteiger charge is -2.18. The molecule has 0 saturated carbocycles. The molecule has 0 bridgehead atoms. The van der Waals surface area contributed by atoms with Crippen LogP contribution in [-0.2, 0) is 16.9 Å². The molecule has 1 aliphatic rings. The zero-order valence-corrected chi connectivity index (χ0v) is 16.4. The number of aryl methyl sites for hydroxylation is 1. The highest BCUT2D eigenvalue weighted by Crippen LogP contribution is 2.33. The van der Waals surface area contributed by atoms with Crippen LogP contribution in [0.4, 0.5) is 4.79 Å². The second-order valence-corrected chi connectivity index (χ2v) is 7.48. The van der Waals surface area contributed by atoms with Crippen molar-refractivity contribution in [3.8, 4) is 11.5 Å². The number of benzene rings is 2. The molecule has 1 N–H and O–H groups in total. The number of para-hydroxylation sites is 1. The van der Waals surface area contributed by atoms with Crippen molar-refractivity contribution in [3.63, 3.8) is 0 Å². The number of fused-ring (bicyclic) bond motifs is 1. The standard InChI is InChI=1S/C22H18N4O4/c1-13-7-9-14(10-8-13)19-23-18(25-30-19)12-26-20(27)22(2,24-21(26)28)17-11-15-5-3-4-6-16(15)29-17/h3-11H,12H2,1-2H3,(H,24,28)/t22-/m0/s1. The number of carbonyl (C=O) groups excluding carboxylic acids is 2. The van der Waals surface area contributed by atoms with Crippen LogP contribution in [0.3, 0.4) is 0 Å². The van der Waals surface area contributed by atoms with E-state index in [4.69, 9.17) is 8.94 Å². The van der Waals surface area contributed by atoms with Gasteiger partial charge in [0.15, 0.2) is 11.4 Å². The Morgan fingerprint density at radius 3 is 2.63 bits per heavy atom. The van der Waals surface area contributed by atoms with Gasteiger partial charge in [0.1, 0.15) is 11.3 Å². The maximum absolute atomic E-state index is 13.1. The van der Waals surface area contributed by atoms with Crippen molar-refractivity contribution in [1.82, 2.24) is 20.4 Å². The molecule has 3 heterocycles. The predicted molar refractivity (Wildman–Crippen MR) is 107 cm³/mol. The lowest BCUT2D eigenvalue weighted by Crippen LogP contribution is -2.40. The SMILES string of the molecule is Cc1ccc(-c2nc(CN3C(=O)N[C@@](C)(c4cc5ccccc5o4)C3=O)no2)cc1. The quantitative estimate of drug-likeness (QED) is 0.522. The minimum absolute atomic E-state index is 0.101. The molecule has 30 heavy (non-hydrogen) atoms. The monoisotopic (exact) mass is 402 g/mol. The average molecular weight is 402 g/mol. The van der Waals surface area contributed by atoms with Crippen LogP contribution in [-0.4, -0.2) is 27.0 Å². The van der Waals surface area contributed by atoms with E-state index in [0.29, 0.717) is 17.2 Å². The van der Waals surface area contributed by atoms with Gasteiger partial charge in [-0.3, -0.25) is 9.69 Å². The van der Waals surface area contributed by atoms with E-state index in [1.165, 1.54) is 0 Å². The second kappa shape index (κ2) is 6.55. The summed E-state index contributed by atoms with van der Waals surface area (Å²) in [6.07, 6.45) is 0. The summed E-state index contributed by atoms with van der Waals surface area (Å²) in [4.78, 5) is 31.1. The molecule has 8 nitrogen and oxygen atoms in total. The number of imide groups is 1. The van der Waals surface area contributed by atoms with Crippen molar-refractivity contribution in [1.29, 1.82) is 0 Å². The fraction of sp³-hybridized carbons (Fsp3) is 0.182. The van der Waals surface area contributed by atoms with E-state index in [1.54, 1.807) is 13.0 Å². The smallest absolute Gasteiger partial charge is 0.325 e. The Balaban J connectivity index is 1.40. The third-order valence-electron chi connectivity index (χ3n) is 5.26. The first-order valence-electron chi connectivity index (χ1n) is 9.47. The first-order valence-corrected chi connectivity index (χ1v) is 9.47. The number of nitrogens with zero attached hydrogens (tertiary/aromatic N) is 3. The summed E-state index contributed by atoms with van der Waals surface area (Å²) in [6.45, 7) is 3.51. The van der Waals surface area contributed by atoms with Gasteiger partial charge in [-0.15, -0.1) is 0 Å². The first-order chi connectivity index (χ1) is 14.4. The molecule has 0 unspecified atom stereocenters. The van der Waals surface area contributed by atoms with Gasteiger partial charge in [-0.1, -0.05) is 41.1 Å². The Morgan fingerprint density at radius 1 is 1.10 bits per heavy atom. The van der Waals surface area contributed by atoms with Crippen molar-refractivity contribution in [2.24, 2.45) is 0 Å². The van der Waals surface area contributed by atoms with Crippen molar-refractivity contribution < 1.29 is 18.5 Å². The molecule has 2 aromatic heterocycles. The number of furan rings is 1. The Labute approximate surface area is 171 Å². The molecular formula is C22H18N4O4. The van der Waals surface area contributed by atoms with Crippen molar-refractivity contribution >= 4 is 22.9 Å². The van der Waals surface area contributed by atoms with Gasteiger partial charge in [-0.2, -0.15) is 4.98 Å². The molecular weight excluding hydrogens is 384 g/mol.